The van der Waals surface area contributed by atoms with Crippen molar-refractivity contribution in [3.8, 4) is 0 Å². The van der Waals surface area contributed by atoms with Gasteiger partial charge in [0.05, 0.1) is 6.26 Å². The third kappa shape index (κ3) is 4.10. The van der Waals surface area contributed by atoms with Crippen LogP contribution in [0.2, 0.25) is 0 Å². The fourth-order valence-electron chi connectivity index (χ4n) is 3.32. The Kier molecular flexibility index (Phi) is 6.11. The zero-order valence-electron chi connectivity index (χ0n) is 13.3. The standard InChI is InChI=1S/C17H30N2O/c1-4-7-15-13-19(16(5-2)12-18-15)14(3)9-10-17-8-6-11-20-17/h6,8,11,14-16,18H,4-5,7,9-10,12-13H2,1-3H3. The summed E-state index contributed by atoms with van der Waals surface area (Å²) in [5, 5.41) is 3.72. The summed E-state index contributed by atoms with van der Waals surface area (Å²) in [6.45, 7) is 9.30. The Bertz CT molecular complexity index is 363. The van der Waals surface area contributed by atoms with Crippen molar-refractivity contribution >= 4 is 0 Å². The molecular formula is C17H30N2O. The van der Waals surface area contributed by atoms with Gasteiger partial charge in [0.25, 0.3) is 0 Å². The molecule has 0 aliphatic carbocycles. The van der Waals surface area contributed by atoms with Crippen LogP contribution in [0.3, 0.4) is 0 Å². The molecule has 1 N–H and O–H groups in total. The van der Waals surface area contributed by atoms with Crippen molar-refractivity contribution in [1.82, 2.24) is 10.2 Å². The molecule has 1 aliphatic rings. The number of hydrogen-bond acceptors (Lipinski definition) is 3. The highest BCUT2D eigenvalue weighted by molar-refractivity contribution is 4.99. The fourth-order valence-corrected chi connectivity index (χ4v) is 3.32. The Morgan fingerprint density at radius 3 is 2.95 bits per heavy atom. The van der Waals surface area contributed by atoms with Crippen LogP contribution in [-0.4, -0.2) is 36.1 Å². The van der Waals surface area contributed by atoms with Crippen LogP contribution in [-0.2, 0) is 6.42 Å². The molecule has 3 unspecified atom stereocenters. The van der Waals surface area contributed by atoms with E-state index in [1.807, 2.05) is 6.07 Å². The SMILES string of the molecule is CCCC1CN(C(C)CCc2ccco2)C(CC)CN1. The summed E-state index contributed by atoms with van der Waals surface area (Å²) in [4.78, 5) is 2.72. The van der Waals surface area contributed by atoms with Gasteiger partial charge in [-0.25, -0.2) is 0 Å². The highest BCUT2D eigenvalue weighted by Crippen LogP contribution is 2.19. The molecule has 1 aromatic heterocycles. The predicted octanol–water partition coefficient (Wildman–Crippen LogP) is 3.45. The number of nitrogens with zero attached hydrogens (tertiary/aromatic N) is 1. The van der Waals surface area contributed by atoms with E-state index in [-0.39, 0.29) is 0 Å². The minimum atomic E-state index is 0.631. The van der Waals surface area contributed by atoms with Gasteiger partial charge < -0.3 is 9.73 Å². The summed E-state index contributed by atoms with van der Waals surface area (Å²) >= 11 is 0. The van der Waals surface area contributed by atoms with Crippen LogP contribution in [0.5, 0.6) is 0 Å². The van der Waals surface area contributed by atoms with E-state index >= 15 is 0 Å². The van der Waals surface area contributed by atoms with Crippen LogP contribution in [0, 0.1) is 0 Å². The molecule has 0 aromatic carbocycles. The molecule has 20 heavy (non-hydrogen) atoms. The van der Waals surface area contributed by atoms with Crippen molar-refractivity contribution in [3.63, 3.8) is 0 Å². The number of furan rings is 1. The topological polar surface area (TPSA) is 28.4 Å². The van der Waals surface area contributed by atoms with E-state index in [4.69, 9.17) is 4.42 Å². The Labute approximate surface area is 123 Å². The van der Waals surface area contributed by atoms with Crippen LogP contribution in [0.25, 0.3) is 0 Å². The van der Waals surface area contributed by atoms with Crippen molar-refractivity contribution in [2.45, 2.75) is 71.0 Å². The molecule has 114 valence electrons. The number of aryl methyl sites for hydroxylation is 1. The smallest absolute Gasteiger partial charge is 0.103 e. The van der Waals surface area contributed by atoms with Gasteiger partial charge in [0.2, 0.25) is 0 Å². The Hall–Kier alpha value is -0.800. The van der Waals surface area contributed by atoms with Gasteiger partial charge >= 0.3 is 0 Å². The Morgan fingerprint density at radius 2 is 2.30 bits per heavy atom. The lowest BCUT2D eigenvalue weighted by Crippen LogP contribution is -2.58. The van der Waals surface area contributed by atoms with E-state index in [0.717, 1.165) is 18.7 Å². The highest BCUT2D eigenvalue weighted by Gasteiger charge is 2.29. The molecule has 0 amide bonds. The van der Waals surface area contributed by atoms with Gasteiger partial charge in [-0.05, 0) is 38.3 Å². The summed E-state index contributed by atoms with van der Waals surface area (Å²) in [5.74, 6) is 1.12. The second kappa shape index (κ2) is 7.84. The lowest BCUT2D eigenvalue weighted by atomic mass is 9.99. The minimum absolute atomic E-state index is 0.631. The average molecular weight is 278 g/mol. The lowest BCUT2D eigenvalue weighted by Gasteiger charge is -2.43. The van der Waals surface area contributed by atoms with E-state index in [1.165, 1.54) is 32.2 Å². The molecule has 1 fully saturated rings. The van der Waals surface area contributed by atoms with Crippen molar-refractivity contribution in [2.75, 3.05) is 13.1 Å². The summed E-state index contributed by atoms with van der Waals surface area (Å²) in [6, 6.07) is 6.06. The second-order valence-corrected chi connectivity index (χ2v) is 6.12. The zero-order chi connectivity index (χ0) is 14.4. The number of hydrogen-bond donors (Lipinski definition) is 1. The monoisotopic (exact) mass is 278 g/mol. The van der Waals surface area contributed by atoms with Crippen LogP contribution in [0.4, 0.5) is 0 Å². The van der Waals surface area contributed by atoms with Gasteiger partial charge in [0.15, 0.2) is 0 Å². The maximum Gasteiger partial charge on any atom is 0.103 e. The van der Waals surface area contributed by atoms with Crippen molar-refractivity contribution in [1.29, 1.82) is 0 Å². The van der Waals surface area contributed by atoms with Crippen LogP contribution in [0.15, 0.2) is 22.8 Å². The van der Waals surface area contributed by atoms with Gasteiger partial charge in [0.1, 0.15) is 5.76 Å². The fraction of sp³-hybridized carbons (Fsp3) is 0.765. The number of nitrogens with one attached hydrogen (secondary N) is 1. The molecule has 1 aromatic rings. The predicted molar refractivity (Wildman–Crippen MR) is 84.0 cm³/mol. The minimum Gasteiger partial charge on any atom is -0.469 e. The quantitative estimate of drug-likeness (QED) is 0.828. The molecule has 2 heterocycles. The summed E-state index contributed by atoms with van der Waals surface area (Å²) in [6.07, 6.45) is 7.80. The van der Waals surface area contributed by atoms with Gasteiger partial charge in [-0.1, -0.05) is 20.3 Å². The first-order valence-corrected chi connectivity index (χ1v) is 8.26. The maximum atomic E-state index is 5.45. The van der Waals surface area contributed by atoms with Crippen molar-refractivity contribution in [2.24, 2.45) is 0 Å². The molecule has 3 atom stereocenters. The lowest BCUT2D eigenvalue weighted by molar-refractivity contribution is 0.0792. The third-order valence-electron chi connectivity index (χ3n) is 4.61. The second-order valence-electron chi connectivity index (χ2n) is 6.12. The zero-order valence-corrected chi connectivity index (χ0v) is 13.3. The van der Waals surface area contributed by atoms with Crippen LogP contribution in [0.1, 0.15) is 52.2 Å². The van der Waals surface area contributed by atoms with Crippen LogP contribution < -0.4 is 5.32 Å². The van der Waals surface area contributed by atoms with E-state index < -0.39 is 0 Å². The molecular weight excluding hydrogens is 248 g/mol. The maximum absolute atomic E-state index is 5.45. The number of rotatable bonds is 7. The van der Waals surface area contributed by atoms with Gasteiger partial charge in [-0.3, -0.25) is 4.90 Å². The van der Waals surface area contributed by atoms with Crippen molar-refractivity contribution in [3.05, 3.63) is 24.2 Å². The molecule has 2 rings (SSSR count). The highest BCUT2D eigenvalue weighted by atomic mass is 16.3. The Morgan fingerprint density at radius 1 is 1.45 bits per heavy atom. The molecule has 0 spiro atoms. The largest absolute Gasteiger partial charge is 0.469 e. The molecule has 1 saturated heterocycles. The summed E-state index contributed by atoms with van der Waals surface area (Å²) < 4.78 is 5.45. The van der Waals surface area contributed by atoms with Gasteiger partial charge in [-0.2, -0.15) is 0 Å². The molecule has 0 radical (unpaired) electrons. The molecule has 0 saturated carbocycles. The van der Waals surface area contributed by atoms with Crippen LogP contribution >= 0.6 is 0 Å². The average Bonchev–Trinajstić information content (AvgIpc) is 2.98. The van der Waals surface area contributed by atoms with E-state index in [9.17, 15) is 0 Å². The van der Waals surface area contributed by atoms with E-state index in [2.05, 4.69) is 37.1 Å². The number of piperazine rings is 1. The van der Waals surface area contributed by atoms with E-state index in [1.54, 1.807) is 6.26 Å². The summed E-state index contributed by atoms with van der Waals surface area (Å²) in [5.41, 5.74) is 0. The first-order valence-electron chi connectivity index (χ1n) is 8.26. The third-order valence-corrected chi connectivity index (χ3v) is 4.61. The first kappa shape index (κ1) is 15.6. The van der Waals surface area contributed by atoms with E-state index in [0.29, 0.717) is 18.1 Å². The molecule has 3 nitrogen and oxygen atoms in total. The molecule has 1 aliphatic heterocycles. The van der Waals surface area contributed by atoms with Gasteiger partial charge in [0, 0.05) is 37.6 Å². The molecule has 3 heteroatoms. The molecule has 0 bridgehead atoms. The van der Waals surface area contributed by atoms with Gasteiger partial charge in [-0.15, -0.1) is 0 Å². The summed E-state index contributed by atoms with van der Waals surface area (Å²) in [7, 11) is 0. The first-order chi connectivity index (χ1) is 9.74. The Balaban J connectivity index is 1.88. The van der Waals surface area contributed by atoms with Crippen molar-refractivity contribution < 1.29 is 4.42 Å². The normalized spacial score (nSPS) is 25.8.